The molecule has 0 saturated heterocycles. The number of carbonyl (C=O) groups is 1. The van der Waals surface area contributed by atoms with Crippen molar-refractivity contribution in [3.63, 3.8) is 0 Å². The van der Waals surface area contributed by atoms with E-state index in [9.17, 15) is 9.18 Å². The van der Waals surface area contributed by atoms with E-state index in [1.54, 1.807) is 4.57 Å². The monoisotopic (exact) mass is 329 g/mol. The number of benzene rings is 1. The Balaban J connectivity index is 1.97. The van der Waals surface area contributed by atoms with Gasteiger partial charge < -0.3 is 9.88 Å². The molecule has 1 aromatic carbocycles. The first-order valence-electron chi connectivity index (χ1n) is 6.78. The summed E-state index contributed by atoms with van der Waals surface area (Å²) in [6, 6.07) is 3.08. The number of rotatable bonds is 5. The third kappa shape index (κ3) is 3.14. The summed E-state index contributed by atoms with van der Waals surface area (Å²) >= 11 is 11.6. The topological polar surface area (TPSA) is 46.9 Å². The van der Waals surface area contributed by atoms with Crippen molar-refractivity contribution in [2.75, 3.05) is 5.88 Å². The second-order valence-electron chi connectivity index (χ2n) is 5.15. The van der Waals surface area contributed by atoms with Gasteiger partial charge in [-0.25, -0.2) is 9.37 Å². The number of nitrogens with one attached hydrogen (secondary N) is 1. The summed E-state index contributed by atoms with van der Waals surface area (Å²) < 4.78 is 15.3. The first-order chi connectivity index (χ1) is 10.1. The molecule has 0 unspecified atom stereocenters. The number of halogens is 3. The molecule has 0 atom stereocenters. The first kappa shape index (κ1) is 14.6. The van der Waals surface area contributed by atoms with Crippen LogP contribution in [0.25, 0.3) is 11.0 Å². The van der Waals surface area contributed by atoms with E-state index in [4.69, 9.17) is 23.2 Å². The zero-order valence-electron chi connectivity index (χ0n) is 11.2. The summed E-state index contributed by atoms with van der Waals surface area (Å²) in [4.78, 5) is 16.4. The van der Waals surface area contributed by atoms with Crippen molar-refractivity contribution in [3.05, 3.63) is 28.8 Å². The molecule has 112 valence electrons. The second-order valence-corrected chi connectivity index (χ2v) is 5.94. The highest BCUT2D eigenvalue weighted by atomic mass is 35.5. The van der Waals surface area contributed by atoms with Crippen molar-refractivity contribution in [1.29, 1.82) is 0 Å². The zero-order valence-corrected chi connectivity index (χ0v) is 12.7. The molecule has 0 radical (unpaired) electrons. The predicted octanol–water partition coefficient (Wildman–Crippen LogP) is 2.89. The van der Waals surface area contributed by atoms with Gasteiger partial charge in [0.15, 0.2) is 0 Å². The van der Waals surface area contributed by atoms with Crippen LogP contribution in [0.15, 0.2) is 12.1 Å². The van der Waals surface area contributed by atoms with Crippen LogP contribution in [0, 0.1) is 5.82 Å². The lowest BCUT2D eigenvalue weighted by Gasteiger charge is -2.09. The Morgan fingerprint density at radius 1 is 1.48 bits per heavy atom. The maximum absolute atomic E-state index is 13.5. The summed E-state index contributed by atoms with van der Waals surface area (Å²) in [6.07, 6.45) is 2.57. The number of amides is 1. The Hall–Kier alpha value is -1.33. The number of carbonyl (C=O) groups excluding carboxylic acids is 1. The SMILES string of the molecule is O=C(Cn1c(CCCl)nc2cc(F)c(Cl)cc21)NC1CC1. The quantitative estimate of drug-likeness (QED) is 0.857. The minimum Gasteiger partial charge on any atom is -0.352 e. The van der Waals surface area contributed by atoms with Gasteiger partial charge in [0.05, 0.1) is 16.1 Å². The summed E-state index contributed by atoms with van der Waals surface area (Å²) in [5.41, 5.74) is 1.13. The van der Waals surface area contributed by atoms with Gasteiger partial charge in [-0.05, 0) is 18.9 Å². The lowest BCUT2D eigenvalue weighted by Crippen LogP contribution is -2.29. The summed E-state index contributed by atoms with van der Waals surface area (Å²) in [6.45, 7) is 0.140. The minimum atomic E-state index is -0.520. The molecule has 1 aromatic heterocycles. The molecule has 0 bridgehead atoms. The molecule has 1 fully saturated rings. The number of imidazole rings is 1. The third-order valence-electron chi connectivity index (χ3n) is 3.43. The molecule has 7 heteroatoms. The fourth-order valence-corrected chi connectivity index (χ4v) is 2.59. The van der Waals surface area contributed by atoms with Crippen LogP contribution in [0.4, 0.5) is 4.39 Å². The molecule has 0 aliphatic heterocycles. The normalized spacial score (nSPS) is 14.6. The van der Waals surface area contributed by atoms with Crippen LogP contribution in [0.3, 0.4) is 0 Å². The Labute approximate surface area is 131 Å². The maximum atomic E-state index is 13.5. The van der Waals surface area contributed by atoms with Crippen LogP contribution >= 0.6 is 23.2 Å². The Bertz CT molecular complexity index is 697. The van der Waals surface area contributed by atoms with Gasteiger partial charge in [0.1, 0.15) is 18.2 Å². The average Bonchev–Trinajstić information content (AvgIpc) is 3.18. The summed E-state index contributed by atoms with van der Waals surface area (Å²) in [5, 5.41) is 2.94. The molecule has 1 saturated carbocycles. The van der Waals surface area contributed by atoms with Crippen molar-refractivity contribution in [2.24, 2.45) is 0 Å². The van der Waals surface area contributed by atoms with Gasteiger partial charge >= 0.3 is 0 Å². The molecular formula is C14H14Cl2FN3O. The van der Waals surface area contributed by atoms with Gasteiger partial charge in [-0.15, -0.1) is 11.6 Å². The minimum absolute atomic E-state index is 0.0173. The Morgan fingerprint density at radius 3 is 2.90 bits per heavy atom. The van der Waals surface area contributed by atoms with Crippen LogP contribution in [0.2, 0.25) is 5.02 Å². The number of nitrogens with zero attached hydrogens (tertiary/aromatic N) is 2. The number of aromatic nitrogens is 2. The van der Waals surface area contributed by atoms with Crippen LogP contribution in [-0.4, -0.2) is 27.4 Å². The van der Waals surface area contributed by atoms with Crippen LogP contribution in [-0.2, 0) is 17.8 Å². The van der Waals surface area contributed by atoms with Crippen molar-refractivity contribution in [2.45, 2.75) is 31.8 Å². The Kier molecular flexibility index (Phi) is 4.04. The average molecular weight is 330 g/mol. The number of aryl methyl sites for hydroxylation is 1. The van der Waals surface area contributed by atoms with Crippen LogP contribution < -0.4 is 5.32 Å². The van der Waals surface area contributed by atoms with Crippen molar-refractivity contribution < 1.29 is 9.18 Å². The van der Waals surface area contributed by atoms with Gasteiger partial charge in [-0.1, -0.05) is 11.6 Å². The zero-order chi connectivity index (χ0) is 15.0. The van der Waals surface area contributed by atoms with E-state index in [2.05, 4.69) is 10.3 Å². The van der Waals surface area contributed by atoms with Gasteiger partial charge in [-0.2, -0.15) is 0 Å². The van der Waals surface area contributed by atoms with E-state index < -0.39 is 5.82 Å². The number of hydrogen-bond donors (Lipinski definition) is 1. The fraction of sp³-hybridized carbons (Fsp3) is 0.429. The highest BCUT2D eigenvalue weighted by Gasteiger charge is 2.24. The van der Waals surface area contributed by atoms with E-state index in [0.29, 0.717) is 35.2 Å². The highest BCUT2D eigenvalue weighted by Crippen LogP contribution is 2.24. The highest BCUT2D eigenvalue weighted by molar-refractivity contribution is 6.31. The molecule has 1 N–H and O–H groups in total. The molecule has 2 aromatic rings. The third-order valence-corrected chi connectivity index (χ3v) is 3.91. The van der Waals surface area contributed by atoms with E-state index in [1.807, 2.05) is 0 Å². The summed E-state index contributed by atoms with van der Waals surface area (Å²) in [7, 11) is 0. The molecular weight excluding hydrogens is 316 g/mol. The number of alkyl halides is 1. The van der Waals surface area contributed by atoms with E-state index in [-0.39, 0.29) is 17.5 Å². The van der Waals surface area contributed by atoms with Crippen molar-refractivity contribution >= 4 is 40.1 Å². The fourth-order valence-electron chi connectivity index (χ4n) is 2.27. The second kappa shape index (κ2) is 5.81. The standard InChI is InChI=1S/C14H14Cl2FN3O/c15-4-3-13-19-11-6-10(17)9(16)5-12(11)20(13)7-14(21)18-8-1-2-8/h5-6,8H,1-4,7H2,(H,18,21). The number of hydrogen-bond acceptors (Lipinski definition) is 2. The molecule has 21 heavy (non-hydrogen) atoms. The molecule has 1 aliphatic rings. The van der Waals surface area contributed by atoms with Crippen molar-refractivity contribution in [3.8, 4) is 0 Å². The molecule has 1 heterocycles. The molecule has 3 rings (SSSR count). The van der Waals surface area contributed by atoms with Crippen molar-refractivity contribution in [1.82, 2.24) is 14.9 Å². The van der Waals surface area contributed by atoms with Gasteiger partial charge in [-0.3, -0.25) is 4.79 Å². The van der Waals surface area contributed by atoms with Gasteiger partial charge in [0.25, 0.3) is 0 Å². The largest absolute Gasteiger partial charge is 0.352 e. The molecule has 1 aliphatic carbocycles. The molecule has 0 spiro atoms. The molecule has 4 nitrogen and oxygen atoms in total. The lowest BCUT2D eigenvalue weighted by atomic mass is 10.3. The van der Waals surface area contributed by atoms with Crippen LogP contribution in [0.5, 0.6) is 0 Å². The predicted molar refractivity (Wildman–Crippen MR) is 80.3 cm³/mol. The van der Waals surface area contributed by atoms with E-state index in [0.717, 1.165) is 12.8 Å². The lowest BCUT2D eigenvalue weighted by molar-refractivity contribution is -0.121. The van der Waals surface area contributed by atoms with Crippen LogP contribution in [0.1, 0.15) is 18.7 Å². The van der Waals surface area contributed by atoms with Gasteiger partial charge in [0, 0.05) is 24.4 Å². The maximum Gasteiger partial charge on any atom is 0.240 e. The van der Waals surface area contributed by atoms with Gasteiger partial charge in [0.2, 0.25) is 5.91 Å². The van der Waals surface area contributed by atoms with E-state index >= 15 is 0 Å². The number of fused-ring (bicyclic) bond motifs is 1. The first-order valence-corrected chi connectivity index (χ1v) is 7.69. The summed E-state index contributed by atoms with van der Waals surface area (Å²) in [5.74, 6) is 0.443. The Morgan fingerprint density at radius 2 is 2.24 bits per heavy atom. The van der Waals surface area contributed by atoms with E-state index in [1.165, 1.54) is 12.1 Å². The molecule has 1 amide bonds. The smallest absolute Gasteiger partial charge is 0.240 e.